The van der Waals surface area contributed by atoms with Gasteiger partial charge in [0.05, 0.1) is 21.5 Å². The molecule has 2 aromatic heterocycles. The third kappa shape index (κ3) is 3.10. The van der Waals surface area contributed by atoms with Gasteiger partial charge in [-0.1, -0.05) is 13.8 Å². The van der Waals surface area contributed by atoms with Crippen LogP contribution in [-0.4, -0.2) is 20.8 Å². The number of hydrogen-bond donors (Lipinski definition) is 1. The van der Waals surface area contributed by atoms with Gasteiger partial charge < -0.3 is 5.32 Å². The van der Waals surface area contributed by atoms with E-state index >= 15 is 0 Å². The summed E-state index contributed by atoms with van der Waals surface area (Å²) >= 11 is 3.59. The Morgan fingerprint density at radius 2 is 2.00 bits per heavy atom. The average molecular weight is 337 g/mol. The predicted molar refractivity (Wildman–Crippen MR) is 85.2 cm³/mol. The van der Waals surface area contributed by atoms with E-state index in [4.69, 9.17) is 0 Å². The number of aromatic nitrogens is 3. The lowest BCUT2D eigenvalue weighted by Crippen LogP contribution is -2.23. The molecule has 0 aliphatic heterocycles. The van der Waals surface area contributed by atoms with Crippen molar-refractivity contribution in [1.29, 1.82) is 0 Å². The Morgan fingerprint density at radius 1 is 1.30 bits per heavy atom. The molecule has 2 rings (SSSR count). The van der Waals surface area contributed by atoms with Gasteiger partial charge in [-0.15, -0.1) is 0 Å². The van der Waals surface area contributed by atoms with Crippen LogP contribution in [0.25, 0.3) is 5.69 Å². The second kappa shape index (κ2) is 6.06. The van der Waals surface area contributed by atoms with Crippen molar-refractivity contribution in [2.75, 3.05) is 0 Å². The van der Waals surface area contributed by atoms with Gasteiger partial charge in [0.15, 0.2) is 0 Å². The van der Waals surface area contributed by atoms with Crippen molar-refractivity contribution in [2.45, 2.75) is 47.2 Å². The molecule has 0 aromatic carbocycles. The number of hydrogen-bond acceptors (Lipinski definition) is 3. The molecule has 2 aromatic rings. The number of nitrogens with zero attached hydrogens (tertiary/aromatic N) is 3. The number of nitrogens with one attached hydrogen (secondary N) is 1. The summed E-state index contributed by atoms with van der Waals surface area (Å²) in [5.41, 5.74) is 5.36. The first-order valence-electron chi connectivity index (χ1n) is 6.81. The molecule has 0 saturated heterocycles. The number of aryl methyl sites for hydroxylation is 2. The molecular weight excluding hydrogens is 316 g/mol. The predicted octanol–water partition coefficient (Wildman–Crippen LogP) is 3.45. The smallest absolute Gasteiger partial charge is 0.0743 e. The van der Waals surface area contributed by atoms with Crippen LogP contribution in [-0.2, 0) is 6.54 Å². The third-order valence-electron chi connectivity index (χ3n) is 3.23. The highest BCUT2D eigenvalue weighted by molar-refractivity contribution is 9.10. The summed E-state index contributed by atoms with van der Waals surface area (Å²) in [7, 11) is 0. The summed E-state index contributed by atoms with van der Waals surface area (Å²) in [6.07, 6.45) is 1.93. The maximum atomic E-state index is 4.62. The van der Waals surface area contributed by atoms with Crippen LogP contribution in [0.4, 0.5) is 0 Å². The fourth-order valence-corrected chi connectivity index (χ4v) is 2.33. The molecule has 0 bridgehead atoms. The van der Waals surface area contributed by atoms with Gasteiger partial charge in [-0.05, 0) is 42.8 Å². The van der Waals surface area contributed by atoms with E-state index in [2.05, 4.69) is 58.2 Å². The highest BCUT2D eigenvalue weighted by atomic mass is 79.9. The molecule has 0 amide bonds. The lowest BCUT2D eigenvalue weighted by atomic mass is 10.2. The van der Waals surface area contributed by atoms with E-state index in [9.17, 15) is 0 Å². The van der Waals surface area contributed by atoms with Crippen LogP contribution < -0.4 is 5.32 Å². The molecule has 0 aliphatic carbocycles. The lowest BCUT2D eigenvalue weighted by molar-refractivity contribution is 0.585. The minimum atomic E-state index is 0.441. The molecule has 0 atom stereocenters. The normalized spacial score (nSPS) is 11.3. The highest BCUT2D eigenvalue weighted by Gasteiger charge is 2.14. The molecule has 4 nitrogen and oxygen atoms in total. The van der Waals surface area contributed by atoms with E-state index in [-0.39, 0.29) is 0 Å². The fraction of sp³-hybridized carbons (Fsp3) is 0.467. The molecule has 1 N–H and O–H groups in total. The maximum absolute atomic E-state index is 4.62. The van der Waals surface area contributed by atoms with Crippen LogP contribution in [0.15, 0.2) is 16.7 Å². The van der Waals surface area contributed by atoms with Crippen molar-refractivity contribution >= 4 is 15.9 Å². The van der Waals surface area contributed by atoms with Gasteiger partial charge >= 0.3 is 0 Å². The molecule has 0 radical (unpaired) electrons. The van der Waals surface area contributed by atoms with Crippen LogP contribution in [0, 0.1) is 20.8 Å². The lowest BCUT2D eigenvalue weighted by Gasteiger charge is -2.14. The largest absolute Gasteiger partial charge is 0.310 e. The topological polar surface area (TPSA) is 42.7 Å². The first-order valence-corrected chi connectivity index (χ1v) is 7.60. The zero-order chi connectivity index (χ0) is 14.9. The van der Waals surface area contributed by atoms with Crippen molar-refractivity contribution in [3.63, 3.8) is 0 Å². The summed E-state index contributed by atoms with van der Waals surface area (Å²) in [6.45, 7) is 11.1. The van der Waals surface area contributed by atoms with E-state index in [0.29, 0.717) is 6.04 Å². The standard InChI is InChI=1S/C15H21BrN4/c1-9(2)17-7-13-8-18-10(3)6-14(13)20-12(5)15(16)11(4)19-20/h6,8-9,17H,7H2,1-5H3. The van der Waals surface area contributed by atoms with Crippen LogP contribution in [0.2, 0.25) is 0 Å². The van der Waals surface area contributed by atoms with Crippen molar-refractivity contribution < 1.29 is 0 Å². The molecule has 0 spiro atoms. The molecule has 5 heteroatoms. The molecule has 0 fully saturated rings. The summed E-state index contributed by atoms with van der Waals surface area (Å²) in [4.78, 5) is 4.41. The third-order valence-corrected chi connectivity index (χ3v) is 4.38. The van der Waals surface area contributed by atoms with Gasteiger partial charge in [0.25, 0.3) is 0 Å². The summed E-state index contributed by atoms with van der Waals surface area (Å²) in [6, 6.07) is 2.53. The Kier molecular flexibility index (Phi) is 4.60. The Balaban J connectivity index is 2.48. The number of pyridine rings is 1. The second-order valence-corrected chi connectivity index (χ2v) is 6.18. The Hall–Kier alpha value is -1.20. The fourth-order valence-electron chi connectivity index (χ4n) is 2.08. The van der Waals surface area contributed by atoms with Crippen molar-refractivity contribution in [1.82, 2.24) is 20.1 Å². The quantitative estimate of drug-likeness (QED) is 0.929. The second-order valence-electron chi connectivity index (χ2n) is 5.39. The van der Waals surface area contributed by atoms with Gasteiger partial charge in [-0.2, -0.15) is 5.10 Å². The van der Waals surface area contributed by atoms with E-state index in [1.165, 1.54) is 0 Å². The first-order chi connectivity index (χ1) is 9.40. The molecule has 0 aliphatic rings. The maximum Gasteiger partial charge on any atom is 0.0743 e. The first kappa shape index (κ1) is 15.2. The van der Waals surface area contributed by atoms with Crippen molar-refractivity contribution in [3.8, 4) is 5.69 Å². The van der Waals surface area contributed by atoms with Gasteiger partial charge in [0.1, 0.15) is 0 Å². The van der Waals surface area contributed by atoms with E-state index in [0.717, 1.165) is 39.4 Å². The average Bonchev–Trinajstić information content (AvgIpc) is 2.65. The number of rotatable bonds is 4. The Morgan fingerprint density at radius 3 is 2.55 bits per heavy atom. The highest BCUT2D eigenvalue weighted by Crippen LogP contribution is 2.24. The zero-order valence-corrected chi connectivity index (χ0v) is 14.2. The van der Waals surface area contributed by atoms with E-state index in [1.54, 1.807) is 0 Å². The van der Waals surface area contributed by atoms with Crippen LogP contribution in [0.5, 0.6) is 0 Å². The summed E-state index contributed by atoms with van der Waals surface area (Å²) < 4.78 is 3.06. The van der Waals surface area contributed by atoms with Crippen LogP contribution in [0.1, 0.15) is 36.5 Å². The molecular formula is C15H21BrN4. The molecule has 20 heavy (non-hydrogen) atoms. The minimum Gasteiger partial charge on any atom is -0.310 e. The van der Waals surface area contributed by atoms with E-state index < -0.39 is 0 Å². The monoisotopic (exact) mass is 336 g/mol. The van der Waals surface area contributed by atoms with Gasteiger partial charge in [0.2, 0.25) is 0 Å². The van der Waals surface area contributed by atoms with Gasteiger partial charge in [-0.3, -0.25) is 4.98 Å². The van der Waals surface area contributed by atoms with Crippen LogP contribution >= 0.6 is 15.9 Å². The Labute approximate surface area is 128 Å². The molecule has 0 unspecified atom stereocenters. The SMILES string of the molecule is Cc1cc(-n2nc(C)c(Br)c2C)c(CNC(C)C)cn1. The van der Waals surface area contributed by atoms with Crippen LogP contribution in [0.3, 0.4) is 0 Å². The summed E-state index contributed by atoms with van der Waals surface area (Å²) in [5, 5.41) is 8.06. The molecule has 0 saturated carbocycles. The number of halogens is 1. The van der Waals surface area contributed by atoms with Gasteiger partial charge in [0, 0.05) is 30.0 Å². The Bertz CT molecular complexity index is 617. The van der Waals surface area contributed by atoms with Crippen molar-refractivity contribution in [3.05, 3.63) is 39.4 Å². The molecule has 108 valence electrons. The van der Waals surface area contributed by atoms with Crippen molar-refractivity contribution in [2.24, 2.45) is 0 Å². The zero-order valence-electron chi connectivity index (χ0n) is 12.7. The summed E-state index contributed by atoms with van der Waals surface area (Å²) in [5.74, 6) is 0. The van der Waals surface area contributed by atoms with E-state index in [1.807, 2.05) is 24.7 Å². The van der Waals surface area contributed by atoms with Gasteiger partial charge in [-0.25, -0.2) is 4.68 Å². The molecule has 2 heterocycles. The minimum absolute atomic E-state index is 0.441.